The number of ether oxygens (including phenoxy) is 3. The molecule has 0 atom stereocenters. The Labute approximate surface area is 184 Å². The molecule has 3 aromatic rings. The van der Waals surface area contributed by atoms with E-state index in [4.69, 9.17) is 14.2 Å². The highest BCUT2D eigenvalue weighted by molar-refractivity contribution is 7.16. The number of esters is 1. The smallest absolute Gasteiger partial charge is 0.325 e. The molecule has 164 valence electrons. The molecule has 0 spiro atoms. The van der Waals surface area contributed by atoms with E-state index in [1.807, 2.05) is 12.1 Å². The first kappa shape index (κ1) is 22.6. The first-order valence-electron chi connectivity index (χ1n) is 10.1. The maximum absolute atomic E-state index is 12.5. The zero-order valence-corrected chi connectivity index (χ0v) is 18.7. The summed E-state index contributed by atoms with van der Waals surface area (Å²) in [5.41, 5.74) is 2.06. The highest BCUT2D eigenvalue weighted by atomic mass is 32.1. The SMILES string of the molecule is CCCCc1ccc2c(c1)sc(=NC(=O)COc1ccccc1OC)n2CC(=O)OC. The molecule has 7 nitrogen and oxygen atoms in total. The average Bonchev–Trinajstić information content (AvgIpc) is 3.12. The topological polar surface area (TPSA) is 79.1 Å². The molecule has 0 aliphatic rings. The summed E-state index contributed by atoms with van der Waals surface area (Å²) in [5.74, 6) is 0.140. The molecule has 8 heteroatoms. The van der Waals surface area contributed by atoms with Crippen LogP contribution in [0.25, 0.3) is 10.2 Å². The van der Waals surface area contributed by atoms with Gasteiger partial charge in [-0.1, -0.05) is 42.9 Å². The Morgan fingerprint density at radius 2 is 1.87 bits per heavy atom. The Kier molecular flexibility index (Phi) is 7.83. The van der Waals surface area contributed by atoms with Gasteiger partial charge < -0.3 is 18.8 Å². The highest BCUT2D eigenvalue weighted by Gasteiger charge is 2.13. The molecule has 0 N–H and O–H groups in total. The Morgan fingerprint density at radius 1 is 1.10 bits per heavy atom. The molecule has 0 saturated heterocycles. The summed E-state index contributed by atoms with van der Waals surface area (Å²) >= 11 is 1.37. The second kappa shape index (κ2) is 10.8. The molecule has 1 amide bonds. The number of unbranched alkanes of at least 4 members (excludes halogenated alkanes) is 1. The van der Waals surface area contributed by atoms with Gasteiger partial charge in [0.1, 0.15) is 6.54 Å². The summed E-state index contributed by atoms with van der Waals surface area (Å²) < 4.78 is 18.3. The second-order valence-electron chi connectivity index (χ2n) is 6.90. The van der Waals surface area contributed by atoms with Crippen molar-refractivity contribution in [2.45, 2.75) is 32.7 Å². The number of carbonyl (C=O) groups is 2. The molecule has 0 bridgehead atoms. The van der Waals surface area contributed by atoms with Crippen LogP contribution in [0.3, 0.4) is 0 Å². The summed E-state index contributed by atoms with van der Waals surface area (Å²) in [7, 11) is 2.87. The number of methoxy groups -OCH3 is 2. The van der Waals surface area contributed by atoms with E-state index < -0.39 is 11.9 Å². The van der Waals surface area contributed by atoms with Crippen LogP contribution in [0.1, 0.15) is 25.3 Å². The minimum absolute atomic E-state index is 0.0235. The number of carbonyl (C=O) groups excluding carboxylic acids is 2. The van der Waals surface area contributed by atoms with Crippen molar-refractivity contribution in [2.24, 2.45) is 4.99 Å². The molecule has 0 saturated carbocycles. The summed E-state index contributed by atoms with van der Waals surface area (Å²) in [4.78, 5) is 29.1. The molecule has 0 fully saturated rings. The number of thiazole rings is 1. The fourth-order valence-corrected chi connectivity index (χ4v) is 4.21. The zero-order chi connectivity index (χ0) is 22.2. The lowest BCUT2D eigenvalue weighted by Crippen LogP contribution is -2.23. The van der Waals surface area contributed by atoms with Gasteiger partial charge in [-0.05, 0) is 42.7 Å². The molecular weight excluding hydrogens is 416 g/mol. The number of rotatable bonds is 9. The van der Waals surface area contributed by atoms with Crippen molar-refractivity contribution in [3.05, 3.63) is 52.8 Å². The Morgan fingerprint density at radius 3 is 2.58 bits per heavy atom. The van der Waals surface area contributed by atoms with Gasteiger partial charge in [-0.3, -0.25) is 9.59 Å². The first-order valence-corrected chi connectivity index (χ1v) is 10.9. The van der Waals surface area contributed by atoms with Crippen LogP contribution in [-0.2, 0) is 27.3 Å². The molecule has 0 unspecified atom stereocenters. The zero-order valence-electron chi connectivity index (χ0n) is 17.9. The number of amides is 1. The molecule has 0 aliphatic carbocycles. The van der Waals surface area contributed by atoms with Gasteiger partial charge in [0.25, 0.3) is 5.91 Å². The van der Waals surface area contributed by atoms with Crippen LogP contribution in [0.4, 0.5) is 0 Å². The van der Waals surface area contributed by atoms with Crippen molar-refractivity contribution < 1.29 is 23.8 Å². The van der Waals surface area contributed by atoms with Crippen molar-refractivity contribution in [1.82, 2.24) is 4.57 Å². The number of nitrogens with zero attached hydrogens (tertiary/aromatic N) is 2. The minimum atomic E-state index is -0.456. The maximum atomic E-state index is 12.5. The molecule has 0 radical (unpaired) electrons. The third-order valence-electron chi connectivity index (χ3n) is 4.72. The predicted octanol–water partition coefficient (Wildman–Crippen LogP) is 3.73. The Hall–Kier alpha value is -3.13. The largest absolute Gasteiger partial charge is 0.493 e. The Bertz CT molecular complexity index is 1130. The molecular formula is C23H26N2O5S. The number of hydrogen-bond donors (Lipinski definition) is 0. The van der Waals surface area contributed by atoms with E-state index in [1.165, 1.54) is 31.1 Å². The number of hydrogen-bond acceptors (Lipinski definition) is 6. The summed E-state index contributed by atoms with van der Waals surface area (Å²) in [5, 5.41) is 0. The van der Waals surface area contributed by atoms with Gasteiger partial charge in [0.2, 0.25) is 0 Å². The van der Waals surface area contributed by atoms with E-state index in [-0.39, 0.29) is 13.2 Å². The van der Waals surface area contributed by atoms with Gasteiger partial charge >= 0.3 is 5.97 Å². The van der Waals surface area contributed by atoms with Crippen molar-refractivity contribution >= 4 is 33.4 Å². The van der Waals surface area contributed by atoms with Crippen LogP contribution >= 0.6 is 11.3 Å². The first-order chi connectivity index (χ1) is 15.0. The highest BCUT2D eigenvalue weighted by Crippen LogP contribution is 2.25. The number of aromatic nitrogens is 1. The fraction of sp³-hybridized carbons (Fsp3) is 0.348. The van der Waals surface area contributed by atoms with Crippen LogP contribution in [0.2, 0.25) is 0 Å². The summed E-state index contributed by atoms with van der Waals surface area (Å²) in [6, 6.07) is 13.2. The molecule has 1 heterocycles. The number of benzene rings is 2. The standard InChI is InChI=1S/C23H26N2O5S/c1-4-5-8-16-11-12-17-20(13-16)31-23(25(17)14-22(27)29-3)24-21(26)15-30-19-10-7-6-9-18(19)28-2/h6-7,9-13H,4-5,8,14-15H2,1-3H3. The van der Waals surface area contributed by atoms with Gasteiger partial charge in [-0.15, -0.1) is 0 Å². The fourth-order valence-electron chi connectivity index (χ4n) is 3.10. The number of aryl methyl sites for hydroxylation is 1. The predicted molar refractivity (Wildman–Crippen MR) is 120 cm³/mol. The minimum Gasteiger partial charge on any atom is -0.493 e. The molecule has 1 aromatic heterocycles. The third kappa shape index (κ3) is 5.73. The van der Waals surface area contributed by atoms with Gasteiger partial charge in [0.15, 0.2) is 22.9 Å². The van der Waals surface area contributed by atoms with Crippen LogP contribution in [0.15, 0.2) is 47.5 Å². The van der Waals surface area contributed by atoms with Crippen molar-refractivity contribution in [2.75, 3.05) is 20.8 Å². The van der Waals surface area contributed by atoms with Gasteiger partial charge in [0.05, 0.1) is 24.4 Å². The molecule has 3 rings (SSSR count). The lowest BCUT2D eigenvalue weighted by atomic mass is 10.1. The third-order valence-corrected chi connectivity index (χ3v) is 5.76. The van der Waals surface area contributed by atoms with Crippen molar-refractivity contribution in [3.63, 3.8) is 0 Å². The van der Waals surface area contributed by atoms with E-state index in [0.717, 1.165) is 29.5 Å². The van der Waals surface area contributed by atoms with E-state index in [2.05, 4.69) is 24.0 Å². The second-order valence-corrected chi connectivity index (χ2v) is 7.91. The van der Waals surface area contributed by atoms with Crippen molar-refractivity contribution in [1.29, 1.82) is 0 Å². The Balaban J connectivity index is 1.90. The monoisotopic (exact) mass is 442 g/mol. The van der Waals surface area contributed by atoms with Crippen LogP contribution < -0.4 is 14.3 Å². The molecule has 2 aromatic carbocycles. The molecule has 0 aliphatic heterocycles. The summed E-state index contributed by atoms with van der Waals surface area (Å²) in [6.45, 7) is 1.89. The quantitative estimate of drug-likeness (QED) is 0.472. The summed E-state index contributed by atoms with van der Waals surface area (Å²) in [6.07, 6.45) is 3.21. The average molecular weight is 443 g/mol. The number of fused-ring (bicyclic) bond motifs is 1. The normalized spacial score (nSPS) is 11.5. The lowest BCUT2D eigenvalue weighted by Gasteiger charge is -2.08. The van der Waals surface area contributed by atoms with Crippen LogP contribution in [0, 0.1) is 0 Å². The van der Waals surface area contributed by atoms with Crippen LogP contribution in [0.5, 0.6) is 11.5 Å². The van der Waals surface area contributed by atoms with Gasteiger partial charge in [-0.2, -0.15) is 4.99 Å². The van der Waals surface area contributed by atoms with Crippen LogP contribution in [-0.4, -0.2) is 37.3 Å². The van der Waals surface area contributed by atoms with Gasteiger partial charge in [-0.25, -0.2) is 0 Å². The lowest BCUT2D eigenvalue weighted by molar-refractivity contribution is -0.141. The van der Waals surface area contributed by atoms with E-state index >= 15 is 0 Å². The van der Waals surface area contributed by atoms with E-state index in [0.29, 0.717) is 16.3 Å². The maximum Gasteiger partial charge on any atom is 0.325 e. The number of para-hydroxylation sites is 2. The van der Waals surface area contributed by atoms with E-state index in [9.17, 15) is 9.59 Å². The van der Waals surface area contributed by atoms with Gasteiger partial charge in [0, 0.05) is 0 Å². The molecule has 31 heavy (non-hydrogen) atoms. The van der Waals surface area contributed by atoms with E-state index in [1.54, 1.807) is 22.8 Å². The van der Waals surface area contributed by atoms with Crippen molar-refractivity contribution in [3.8, 4) is 11.5 Å².